The van der Waals surface area contributed by atoms with Crippen molar-refractivity contribution >= 4 is 56.8 Å². The molecule has 0 radical (unpaired) electrons. The molecule has 0 atom stereocenters. The highest BCUT2D eigenvalue weighted by atomic mass is 79.9. The number of rotatable bonds is 6. The van der Waals surface area contributed by atoms with Gasteiger partial charge in [-0.3, -0.25) is 19.8 Å². The number of amides is 2. The number of carbonyl (C=O) groups excluding carboxylic acids is 2. The molecule has 0 saturated carbocycles. The summed E-state index contributed by atoms with van der Waals surface area (Å²) in [6, 6.07) is 14.3. The van der Waals surface area contributed by atoms with Gasteiger partial charge in [0.2, 0.25) is 0 Å². The Kier molecular flexibility index (Phi) is 7.23. The SMILES string of the molecule is COc1cc(/C=C2/C(=O)NC(=S)N(c3ccc(F)cc3)C2=O)c(Br)cc1OCc1ccc(F)cc1. The number of hydrogen-bond acceptors (Lipinski definition) is 5. The largest absolute Gasteiger partial charge is 0.493 e. The van der Waals surface area contributed by atoms with E-state index in [9.17, 15) is 18.4 Å². The topological polar surface area (TPSA) is 67.9 Å². The van der Waals surface area contributed by atoms with Crippen LogP contribution in [0, 0.1) is 11.6 Å². The summed E-state index contributed by atoms with van der Waals surface area (Å²) in [5, 5.41) is 2.38. The molecule has 1 aliphatic rings. The van der Waals surface area contributed by atoms with E-state index in [1.807, 2.05) is 0 Å². The minimum absolute atomic E-state index is 0.107. The van der Waals surface area contributed by atoms with Gasteiger partial charge < -0.3 is 9.47 Å². The summed E-state index contributed by atoms with van der Waals surface area (Å²) in [4.78, 5) is 26.9. The Labute approximate surface area is 213 Å². The molecule has 0 bridgehead atoms. The van der Waals surface area contributed by atoms with Crippen molar-refractivity contribution in [1.82, 2.24) is 5.32 Å². The number of carbonyl (C=O) groups is 2. The van der Waals surface area contributed by atoms with E-state index in [0.717, 1.165) is 10.5 Å². The van der Waals surface area contributed by atoms with Gasteiger partial charge in [-0.25, -0.2) is 8.78 Å². The van der Waals surface area contributed by atoms with Crippen LogP contribution in [0.25, 0.3) is 6.08 Å². The average Bonchev–Trinajstić information content (AvgIpc) is 2.83. The molecule has 1 N–H and O–H groups in total. The molecule has 1 aliphatic heterocycles. The van der Waals surface area contributed by atoms with Gasteiger partial charge in [0.15, 0.2) is 16.6 Å². The molecule has 10 heteroatoms. The summed E-state index contributed by atoms with van der Waals surface area (Å²) in [6.07, 6.45) is 1.40. The Morgan fingerprint density at radius 3 is 2.26 bits per heavy atom. The number of thiocarbonyl (C=S) groups is 1. The molecule has 0 aliphatic carbocycles. The molecule has 1 saturated heterocycles. The van der Waals surface area contributed by atoms with Crippen LogP contribution >= 0.6 is 28.1 Å². The monoisotopic (exact) mass is 558 g/mol. The molecule has 1 heterocycles. The van der Waals surface area contributed by atoms with Gasteiger partial charge in [0.05, 0.1) is 12.8 Å². The Morgan fingerprint density at radius 1 is 1.00 bits per heavy atom. The van der Waals surface area contributed by atoms with Crippen LogP contribution in [0.1, 0.15) is 11.1 Å². The molecule has 2 amide bonds. The van der Waals surface area contributed by atoms with Crippen LogP contribution in [0.4, 0.5) is 14.5 Å². The second-order valence-corrected chi connectivity index (χ2v) is 8.62. The summed E-state index contributed by atoms with van der Waals surface area (Å²) < 4.78 is 38.2. The van der Waals surface area contributed by atoms with Gasteiger partial charge in [-0.15, -0.1) is 0 Å². The maximum absolute atomic E-state index is 13.3. The maximum atomic E-state index is 13.3. The third-order valence-electron chi connectivity index (χ3n) is 5.08. The summed E-state index contributed by atoms with van der Waals surface area (Å²) in [6.45, 7) is 0.175. The maximum Gasteiger partial charge on any atom is 0.270 e. The van der Waals surface area contributed by atoms with Crippen molar-refractivity contribution in [3.63, 3.8) is 0 Å². The molecule has 35 heavy (non-hydrogen) atoms. The fraction of sp³-hybridized carbons (Fsp3) is 0.0800. The first-order chi connectivity index (χ1) is 16.8. The molecular weight excluding hydrogens is 542 g/mol. The summed E-state index contributed by atoms with van der Waals surface area (Å²) >= 11 is 8.60. The lowest BCUT2D eigenvalue weighted by molar-refractivity contribution is -0.122. The zero-order valence-corrected chi connectivity index (χ0v) is 20.6. The molecule has 0 aromatic heterocycles. The summed E-state index contributed by atoms with van der Waals surface area (Å²) in [5.41, 5.74) is 1.37. The van der Waals surface area contributed by atoms with E-state index in [4.69, 9.17) is 21.7 Å². The van der Waals surface area contributed by atoms with E-state index in [2.05, 4.69) is 21.2 Å². The highest BCUT2D eigenvalue weighted by Crippen LogP contribution is 2.35. The predicted molar refractivity (Wildman–Crippen MR) is 134 cm³/mol. The van der Waals surface area contributed by atoms with E-state index < -0.39 is 17.6 Å². The van der Waals surface area contributed by atoms with E-state index in [1.54, 1.807) is 24.3 Å². The number of anilines is 1. The van der Waals surface area contributed by atoms with E-state index in [-0.39, 0.29) is 23.1 Å². The zero-order valence-electron chi connectivity index (χ0n) is 18.2. The molecule has 178 valence electrons. The lowest BCUT2D eigenvalue weighted by Gasteiger charge is -2.29. The van der Waals surface area contributed by atoms with Gasteiger partial charge in [-0.2, -0.15) is 0 Å². The second kappa shape index (κ2) is 10.3. The normalized spacial score (nSPS) is 14.8. The molecule has 1 fully saturated rings. The van der Waals surface area contributed by atoms with Crippen LogP contribution < -0.4 is 19.7 Å². The average molecular weight is 559 g/mol. The van der Waals surface area contributed by atoms with Crippen LogP contribution in [-0.2, 0) is 16.2 Å². The Morgan fingerprint density at radius 2 is 1.63 bits per heavy atom. The van der Waals surface area contributed by atoms with Crippen molar-refractivity contribution in [1.29, 1.82) is 0 Å². The molecule has 3 aromatic carbocycles. The van der Waals surface area contributed by atoms with Gasteiger partial charge in [-0.1, -0.05) is 28.1 Å². The van der Waals surface area contributed by atoms with Crippen molar-refractivity contribution in [2.24, 2.45) is 0 Å². The fourth-order valence-electron chi connectivity index (χ4n) is 3.31. The molecule has 3 aromatic rings. The Bertz CT molecular complexity index is 1340. The Hall–Kier alpha value is -3.63. The smallest absolute Gasteiger partial charge is 0.270 e. The number of hydrogen-bond donors (Lipinski definition) is 1. The number of benzene rings is 3. The standard InChI is InChI=1S/C25H17BrF2N2O4S/c1-33-21-11-15(20(26)12-22(21)34-13-14-2-4-16(27)5-3-14)10-19-23(31)29-25(35)30(24(19)32)18-8-6-17(28)7-9-18/h2-12H,13H2,1H3,(H,29,31,35)/b19-10-. The van der Waals surface area contributed by atoms with Crippen molar-refractivity contribution in [2.75, 3.05) is 12.0 Å². The minimum Gasteiger partial charge on any atom is -0.493 e. The van der Waals surface area contributed by atoms with Crippen LogP contribution in [0.3, 0.4) is 0 Å². The van der Waals surface area contributed by atoms with E-state index >= 15 is 0 Å². The first-order valence-corrected chi connectivity index (χ1v) is 11.4. The van der Waals surface area contributed by atoms with Gasteiger partial charge in [-0.05, 0) is 78.0 Å². The van der Waals surface area contributed by atoms with Crippen LogP contribution in [0.5, 0.6) is 11.5 Å². The predicted octanol–water partition coefficient (Wildman–Crippen LogP) is 5.15. The quantitative estimate of drug-likeness (QED) is 0.257. The minimum atomic E-state index is -0.666. The van der Waals surface area contributed by atoms with Crippen molar-refractivity contribution in [3.8, 4) is 11.5 Å². The van der Waals surface area contributed by atoms with Gasteiger partial charge >= 0.3 is 0 Å². The van der Waals surface area contributed by atoms with Crippen molar-refractivity contribution in [2.45, 2.75) is 6.61 Å². The van der Waals surface area contributed by atoms with Crippen LogP contribution in [-0.4, -0.2) is 24.0 Å². The van der Waals surface area contributed by atoms with E-state index in [1.165, 1.54) is 49.6 Å². The van der Waals surface area contributed by atoms with Gasteiger partial charge in [0.25, 0.3) is 11.8 Å². The fourth-order valence-corrected chi connectivity index (χ4v) is 4.03. The lowest BCUT2D eigenvalue weighted by atomic mass is 10.1. The van der Waals surface area contributed by atoms with Crippen LogP contribution in [0.15, 0.2) is 70.7 Å². The molecule has 0 spiro atoms. The van der Waals surface area contributed by atoms with Crippen molar-refractivity contribution < 1.29 is 27.8 Å². The molecule has 0 unspecified atom stereocenters. The van der Waals surface area contributed by atoms with Gasteiger partial charge in [0, 0.05) is 4.47 Å². The van der Waals surface area contributed by atoms with Gasteiger partial charge in [0.1, 0.15) is 23.8 Å². The first kappa shape index (κ1) is 24.5. The molecule has 6 nitrogen and oxygen atoms in total. The zero-order chi connectivity index (χ0) is 25.1. The van der Waals surface area contributed by atoms with Crippen LogP contribution in [0.2, 0.25) is 0 Å². The molecular formula is C25H17BrF2N2O4S. The highest BCUT2D eigenvalue weighted by molar-refractivity contribution is 9.10. The van der Waals surface area contributed by atoms with Crippen molar-refractivity contribution in [3.05, 3.63) is 93.5 Å². The number of methoxy groups -OCH3 is 1. The first-order valence-electron chi connectivity index (χ1n) is 10.2. The Balaban J connectivity index is 1.63. The lowest BCUT2D eigenvalue weighted by Crippen LogP contribution is -2.54. The summed E-state index contributed by atoms with van der Waals surface area (Å²) in [5.74, 6) is -1.38. The molecule has 4 rings (SSSR count). The number of nitrogens with zero attached hydrogens (tertiary/aromatic N) is 1. The number of ether oxygens (including phenoxy) is 2. The number of halogens is 3. The number of nitrogens with one attached hydrogen (secondary N) is 1. The third kappa shape index (κ3) is 5.39. The van der Waals surface area contributed by atoms with E-state index in [0.29, 0.717) is 27.2 Å². The highest BCUT2D eigenvalue weighted by Gasteiger charge is 2.34. The third-order valence-corrected chi connectivity index (χ3v) is 6.05. The summed E-state index contributed by atoms with van der Waals surface area (Å²) in [7, 11) is 1.46. The second-order valence-electron chi connectivity index (χ2n) is 7.37.